The van der Waals surface area contributed by atoms with Gasteiger partial charge in [0, 0.05) is 18.7 Å². The predicted octanol–water partition coefficient (Wildman–Crippen LogP) is 4.12. The van der Waals surface area contributed by atoms with Crippen LogP contribution < -0.4 is 0 Å². The average Bonchev–Trinajstić information content (AvgIpc) is 2.94. The Bertz CT molecular complexity index is 382. The van der Waals surface area contributed by atoms with E-state index in [4.69, 9.17) is 0 Å². The molecule has 0 aliphatic heterocycles. The Morgan fingerprint density at radius 1 is 1.35 bits per heavy atom. The monoisotopic (exact) mass is 278 g/mol. The minimum Gasteiger partial charge on any atom is -0.393 e. The number of aromatic nitrogens is 2. The molecule has 2 atom stereocenters. The van der Waals surface area contributed by atoms with Crippen LogP contribution in [-0.2, 0) is 6.42 Å². The van der Waals surface area contributed by atoms with Crippen LogP contribution in [0.2, 0.25) is 0 Å². The van der Waals surface area contributed by atoms with Crippen LogP contribution in [0, 0.1) is 5.92 Å². The van der Waals surface area contributed by atoms with Crippen molar-refractivity contribution < 1.29 is 5.11 Å². The number of hydrogen-bond donors (Lipinski definition) is 1. The first-order chi connectivity index (χ1) is 9.69. The SMILES string of the molecule is CCC(C)n1ccc(CC(O)CCC2CCCCC2)n1. The lowest BCUT2D eigenvalue weighted by atomic mass is 9.85. The number of nitrogens with zero attached hydrogens (tertiary/aromatic N) is 2. The summed E-state index contributed by atoms with van der Waals surface area (Å²) in [4.78, 5) is 0. The van der Waals surface area contributed by atoms with Crippen LogP contribution >= 0.6 is 0 Å². The standard InChI is InChI=1S/C17H30N2O/c1-3-14(2)19-12-11-16(18-19)13-17(20)10-9-15-7-5-4-6-8-15/h11-12,14-15,17,20H,3-10,13H2,1-2H3. The van der Waals surface area contributed by atoms with Gasteiger partial charge in [0.2, 0.25) is 0 Å². The van der Waals surface area contributed by atoms with Crippen molar-refractivity contribution >= 4 is 0 Å². The molecule has 1 saturated carbocycles. The molecule has 0 amide bonds. The highest BCUT2D eigenvalue weighted by Crippen LogP contribution is 2.28. The van der Waals surface area contributed by atoms with E-state index in [9.17, 15) is 5.11 Å². The molecule has 20 heavy (non-hydrogen) atoms. The molecule has 114 valence electrons. The smallest absolute Gasteiger partial charge is 0.0650 e. The van der Waals surface area contributed by atoms with Gasteiger partial charge in [0.25, 0.3) is 0 Å². The molecule has 0 aromatic carbocycles. The van der Waals surface area contributed by atoms with Crippen molar-refractivity contribution in [1.29, 1.82) is 0 Å². The van der Waals surface area contributed by atoms with Gasteiger partial charge in [-0.3, -0.25) is 4.68 Å². The molecule has 1 fully saturated rings. The van der Waals surface area contributed by atoms with Crippen molar-refractivity contribution in [2.45, 2.75) is 83.8 Å². The van der Waals surface area contributed by atoms with E-state index in [1.54, 1.807) is 0 Å². The Labute approximate surface area is 123 Å². The Balaban J connectivity index is 1.73. The van der Waals surface area contributed by atoms with E-state index in [1.165, 1.54) is 38.5 Å². The van der Waals surface area contributed by atoms with E-state index in [0.29, 0.717) is 12.5 Å². The van der Waals surface area contributed by atoms with Crippen LogP contribution in [0.15, 0.2) is 12.3 Å². The molecule has 1 heterocycles. The van der Waals surface area contributed by atoms with Gasteiger partial charge in [-0.2, -0.15) is 5.10 Å². The van der Waals surface area contributed by atoms with Crippen molar-refractivity contribution in [1.82, 2.24) is 9.78 Å². The van der Waals surface area contributed by atoms with E-state index in [1.807, 2.05) is 10.9 Å². The largest absolute Gasteiger partial charge is 0.393 e. The fourth-order valence-corrected chi connectivity index (χ4v) is 3.17. The van der Waals surface area contributed by atoms with E-state index in [2.05, 4.69) is 25.0 Å². The van der Waals surface area contributed by atoms with Crippen molar-refractivity contribution in [3.63, 3.8) is 0 Å². The molecule has 1 aromatic heterocycles. The van der Waals surface area contributed by atoms with Gasteiger partial charge in [-0.25, -0.2) is 0 Å². The zero-order chi connectivity index (χ0) is 14.4. The molecule has 1 aromatic rings. The molecule has 0 spiro atoms. The van der Waals surface area contributed by atoms with Crippen LogP contribution in [0.25, 0.3) is 0 Å². The van der Waals surface area contributed by atoms with Gasteiger partial charge < -0.3 is 5.11 Å². The second-order valence-corrected chi connectivity index (χ2v) is 6.48. The summed E-state index contributed by atoms with van der Waals surface area (Å²) in [5.41, 5.74) is 1.03. The molecule has 3 heteroatoms. The fraction of sp³-hybridized carbons (Fsp3) is 0.824. The van der Waals surface area contributed by atoms with Crippen LogP contribution in [0.1, 0.15) is 76.9 Å². The lowest BCUT2D eigenvalue weighted by Gasteiger charge is -2.22. The molecule has 0 bridgehead atoms. The Morgan fingerprint density at radius 3 is 2.80 bits per heavy atom. The van der Waals surface area contributed by atoms with Crippen LogP contribution in [0.3, 0.4) is 0 Å². The van der Waals surface area contributed by atoms with Gasteiger partial charge in [0.15, 0.2) is 0 Å². The zero-order valence-electron chi connectivity index (χ0n) is 13.1. The average molecular weight is 278 g/mol. The fourth-order valence-electron chi connectivity index (χ4n) is 3.17. The molecule has 0 radical (unpaired) electrons. The summed E-state index contributed by atoms with van der Waals surface area (Å²) < 4.78 is 2.02. The number of aliphatic hydroxyl groups excluding tert-OH is 1. The van der Waals surface area contributed by atoms with E-state index < -0.39 is 0 Å². The summed E-state index contributed by atoms with van der Waals surface area (Å²) in [5.74, 6) is 0.857. The lowest BCUT2D eigenvalue weighted by Crippen LogP contribution is -2.15. The molecule has 1 aliphatic carbocycles. The molecular weight excluding hydrogens is 248 g/mol. The van der Waals surface area contributed by atoms with E-state index in [0.717, 1.165) is 24.5 Å². The van der Waals surface area contributed by atoms with Crippen molar-refractivity contribution in [3.8, 4) is 0 Å². The van der Waals surface area contributed by atoms with Gasteiger partial charge in [-0.05, 0) is 38.2 Å². The lowest BCUT2D eigenvalue weighted by molar-refractivity contribution is 0.148. The van der Waals surface area contributed by atoms with Crippen molar-refractivity contribution in [3.05, 3.63) is 18.0 Å². The third-order valence-corrected chi connectivity index (χ3v) is 4.78. The third kappa shape index (κ3) is 4.62. The molecule has 2 rings (SSSR count). The predicted molar refractivity (Wildman–Crippen MR) is 82.7 cm³/mol. The quantitative estimate of drug-likeness (QED) is 0.814. The number of rotatable bonds is 7. The maximum atomic E-state index is 10.2. The maximum Gasteiger partial charge on any atom is 0.0650 e. The van der Waals surface area contributed by atoms with E-state index >= 15 is 0 Å². The number of aliphatic hydroxyl groups is 1. The second kappa shape index (κ2) is 7.82. The van der Waals surface area contributed by atoms with Gasteiger partial charge in [0.05, 0.1) is 11.8 Å². The molecule has 0 saturated heterocycles. The van der Waals surface area contributed by atoms with Gasteiger partial charge in [-0.15, -0.1) is 0 Å². The summed E-state index contributed by atoms with van der Waals surface area (Å²) >= 11 is 0. The summed E-state index contributed by atoms with van der Waals surface area (Å²) in [5, 5.41) is 14.8. The Morgan fingerprint density at radius 2 is 2.10 bits per heavy atom. The normalized spacial score (nSPS) is 19.9. The summed E-state index contributed by atoms with van der Waals surface area (Å²) in [6, 6.07) is 2.50. The van der Waals surface area contributed by atoms with Crippen LogP contribution in [-0.4, -0.2) is 21.0 Å². The minimum absolute atomic E-state index is 0.225. The zero-order valence-corrected chi connectivity index (χ0v) is 13.1. The molecular formula is C17H30N2O. The highest BCUT2D eigenvalue weighted by atomic mass is 16.3. The topological polar surface area (TPSA) is 38.0 Å². The summed E-state index contributed by atoms with van der Waals surface area (Å²) in [6.45, 7) is 4.35. The molecule has 1 aliphatic rings. The first-order valence-electron chi connectivity index (χ1n) is 8.41. The molecule has 3 nitrogen and oxygen atoms in total. The third-order valence-electron chi connectivity index (χ3n) is 4.78. The minimum atomic E-state index is -0.225. The van der Waals surface area contributed by atoms with Gasteiger partial charge in [0.1, 0.15) is 0 Å². The van der Waals surface area contributed by atoms with Gasteiger partial charge in [-0.1, -0.05) is 39.0 Å². The summed E-state index contributed by atoms with van der Waals surface area (Å²) in [7, 11) is 0. The first-order valence-corrected chi connectivity index (χ1v) is 8.41. The van der Waals surface area contributed by atoms with Crippen molar-refractivity contribution in [2.24, 2.45) is 5.92 Å². The maximum absolute atomic E-state index is 10.2. The first kappa shape index (κ1) is 15.6. The van der Waals surface area contributed by atoms with E-state index in [-0.39, 0.29) is 6.10 Å². The Kier molecular flexibility index (Phi) is 6.08. The van der Waals surface area contributed by atoms with Gasteiger partial charge >= 0.3 is 0 Å². The van der Waals surface area contributed by atoms with Crippen molar-refractivity contribution in [2.75, 3.05) is 0 Å². The second-order valence-electron chi connectivity index (χ2n) is 6.48. The highest BCUT2D eigenvalue weighted by Gasteiger charge is 2.16. The van der Waals surface area contributed by atoms with Crippen LogP contribution in [0.5, 0.6) is 0 Å². The molecule has 1 N–H and O–H groups in total. The molecule has 2 unspecified atom stereocenters. The summed E-state index contributed by atoms with van der Waals surface area (Å²) in [6.07, 6.45) is 12.7. The number of hydrogen-bond acceptors (Lipinski definition) is 2. The van der Waals surface area contributed by atoms with Crippen LogP contribution in [0.4, 0.5) is 0 Å². The highest BCUT2D eigenvalue weighted by molar-refractivity contribution is 5.01. The Hall–Kier alpha value is -0.830.